The SMILES string of the molecule is CCNC(=NCCCn1cc(C)cn1)NC(C)CCC(C)C.I. The van der Waals surface area contributed by atoms with Gasteiger partial charge in [-0.05, 0) is 51.5 Å². The number of aryl methyl sites for hydroxylation is 2. The van der Waals surface area contributed by atoms with Crippen LogP contribution < -0.4 is 10.6 Å². The summed E-state index contributed by atoms with van der Waals surface area (Å²) in [6.07, 6.45) is 7.38. The van der Waals surface area contributed by atoms with Gasteiger partial charge >= 0.3 is 0 Å². The molecular weight excluding hydrogens is 401 g/mol. The Balaban J connectivity index is 0.00000484. The average Bonchev–Trinajstić information content (AvgIpc) is 2.87. The van der Waals surface area contributed by atoms with E-state index in [9.17, 15) is 0 Å². The summed E-state index contributed by atoms with van der Waals surface area (Å²) in [5, 5.41) is 11.1. The van der Waals surface area contributed by atoms with Crippen LogP contribution >= 0.6 is 24.0 Å². The number of hydrogen-bond acceptors (Lipinski definition) is 2. The van der Waals surface area contributed by atoms with Crippen LogP contribution in [0.1, 0.15) is 52.5 Å². The van der Waals surface area contributed by atoms with Gasteiger partial charge in [0.2, 0.25) is 0 Å². The Morgan fingerprint density at radius 2 is 2.04 bits per heavy atom. The van der Waals surface area contributed by atoms with Gasteiger partial charge in [0.15, 0.2) is 5.96 Å². The number of aliphatic imine (C=N–C) groups is 1. The molecule has 1 atom stereocenters. The highest BCUT2D eigenvalue weighted by Crippen LogP contribution is 2.06. The molecule has 0 bridgehead atoms. The Labute approximate surface area is 158 Å². The van der Waals surface area contributed by atoms with Crippen molar-refractivity contribution in [3.05, 3.63) is 18.0 Å². The normalized spacial score (nSPS) is 12.9. The Morgan fingerprint density at radius 3 is 2.61 bits per heavy atom. The average molecular weight is 435 g/mol. The summed E-state index contributed by atoms with van der Waals surface area (Å²) in [5.74, 6) is 1.68. The van der Waals surface area contributed by atoms with Gasteiger partial charge in [0, 0.05) is 31.9 Å². The molecule has 0 amide bonds. The molecule has 2 N–H and O–H groups in total. The van der Waals surface area contributed by atoms with E-state index in [4.69, 9.17) is 0 Å². The van der Waals surface area contributed by atoms with E-state index >= 15 is 0 Å². The van der Waals surface area contributed by atoms with Crippen molar-refractivity contribution in [1.29, 1.82) is 0 Å². The zero-order valence-corrected chi connectivity index (χ0v) is 17.6. The summed E-state index contributed by atoms with van der Waals surface area (Å²) in [6, 6.07) is 0.453. The van der Waals surface area contributed by atoms with Gasteiger partial charge in [-0.1, -0.05) is 13.8 Å². The molecule has 0 aliphatic rings. The van der Waals surface area contributed by atoms with Crippen molar-refractivity contribution in [2.75, 3.05) is 13.1 Å². The van der Waals surface area contributed by atoms with Crippen molar-refractivity contribution < 1.29 is 0 Å². The summed E-state index contributed by atoms with van der Waals surface area (Å²) in [7, 11) is 0. The molecular formula is C17H34IN5. The molecule has 0 saturated carbocycles. The monoisotopic (exact) mass is 435 g/mol. The van der Waals surface area contributed by atoms with Crippen LogP contribution in [-0.2, 0) is 6.54 Å². The number of halogens is 1. The summed E-state index contributed by atoms with van der Waals surface area (Å²) in [6.45, 7) is 13.5. The fourth-order valence-corrected chi connectivity index (χ4v) is 2.22. The second-order valence-electron chi connectivity index (χ2n) is 6.41. The summed E-state index contributed by atoms with van der Waals surface area (Å²) in [5.41, 5.74) is 1.21. The largest absolute Gasteiger partial charge is 0.357 e. The Hall–Kier alpha value is -0.790. The number of nitrogens with one attached hydrogen (secondary N) is 2. The third-order valence-electron chi connectivity index (χ3n) is 3.48. The first kappa shape index (κ1) is 22.2. The Bertz CT molecular complexity index is 442. The highest BCUT2D eigenvalue weighted by molar-refractivity contribution is 14.0. The molecule has 5 nitrogen and oxygen atoms in total. The standard InChI is InChI=1S/C17H33N5.HI/c1-6-18-17(21-16(5)9-8-14(2)3)19-10-7-11-22-13-15(4)12-20-22;/h12-14,16H,6-11H2,1-5H3,(H2,18,19,21);1H. The molecule has 1 rings (SSSR count). The molecule has 134 valence electrons. The Morgan fingerprint density at radius 1 is 1.30 bits per heavy atom. The maximum atomic E-state index is 4.66. The molecule has 1 aromatic heterocycles. The molecule has 0 aromatic carbocycles. The van der Waals surface area contributed by atoms with Gasteiger partial charge in [0.25, 0.3) is 0 Å². The van der Waals surface area contributed by atoms with E-state index in [1.165, 1.54) is 18.4 Å². The summed E-state index contributed by atoms with van der Waals surface area (Å²) in [4.78, 5) is 4.66. The van der Waals surface area contributed by atoms with E-state index in [1.807, 2.05) is 10.9 Å². The van der Waals surface area contributed by atoms with Crippen LogP contribution in [0, 0.1) is 12.8 Å². The quantitative estimate of drug-likeness (QED) is 0.270. The van der Waals surface area contributed by atoms with Gasteiger partial charge < -0.3 is 10.6 Å². The lowest BCUT2D eigenvalue weighted by Gasteiger charge is -2.18. The van der Waals surface area contributed by atoms with Crippen molar-refractivity contribution in [1.82, 2.24) is 20.4 Å². The third kappa shape index (κ3) is 10.6. The first-order chi connectivity index (χ1) is 10.5. The van der Waals surface area contributed by atoms with Crippen molar-refractivity contribution in [3.63, 3.8) is 0 Å². The first-order valence-electron chi connectivity index (χ1n) is 8.55. The molecule has 1 heterocycles. The van der Waals surface area contributed by atoms with E-state index < -0.39 is 0 Å². The number of hydrogen-bond donors (Lipinski definition) is 2. The van der Waals surface area contributed by atoms with Crippen LogP contribution in [0.3, 0.4) is 0 Å². The number of nitrogens with zero attached hydrogens (tertiary/aromatic N) is 3. The van der Waals surface area contributed by atoms with Crippen LogP contribution in [0.15, 0.2) is 17.4 Å². The van der Waals surface area contributed by atoms with Crippen LogP contribution in [0.2, 0.25) is 0 Å². The number of guanidine groups is 1. The van der Waals surface area contributed by atoms with Gasteiger partial charge in [0.05, 0.1) is 6.20 Å². The van der Waals surface area contributed by atoms with E-state index in [1.54, 1.807) is 0 Å². The van der Waals surface area contributed by atoms with Gasteiger partial charge in [-0.3, -0.25) is 9.67 Å². The van der Waals surface area contributed by atoms with Crippen LogP contribution in [0.25, 0.3) is 0 Å². The van der Waals surface area contributed by atoms with Gasteiger partial charge in [-0.2, -0.15) is 5.10 Å². The molecule has 0 spiro atoms. The van der Waals surface area contributed by atoms with Crippen molar-refractivity contribution in [2.45, 2.75) is 66.5 Å². The van der Waals surface area contributed by atoms with Crippen LogP contribution in [-0.4, -0.2) is 34.9 Å². The molecule has 0 fully saturated rings. The molecule has 1 unspecified atom stereocenters. The van der Waals surface area contributed by atoms with E-state index in [-0.39, 0.29) is 24.0 Å². The first-order valence-corrected chi connectivity index (χ1v) is 8.55. The maximum absolute atomic E-state index is 4.66. The van der Waals surface area contributed by atoms with Crippen molar-refractivity contribution >= 4 is 29.9 Å². The molecule has 0 radical (unpaired) electrons. The fraction of sp³-hybridized carbons (Fsp3) is 0.765. The smallest absolute Gasteiger partial charge is 0.191 e. The molecule has 0 aliphatic heterocycles. The van der Waals surface area contributed by atoms with Crippen molar-refractivity contribution in [3.8, 4) is 0 Å². The molecule has 1 aromatic rings. The number of aromatic nitrogens is 2. The Kier molecular flexibility index (Phi) is 12.2. The van der Waals surface area contributed by atoms with Crippen LogP contribution in [0.4, 0.5) is 0 Å². The lowest BCUT2D eigenvalue weighted by atomic mass is 10.0. The van der Waals surface area contributed by atoms with E-state index in [0.29, 0.717) is 6.04 Å². The third-order valence-corrected chi connectivity index (χ3v) is 3.48. The van der Waals surface area contributed by atoms with Gasteiger partial charge in [-0.15, -0.1) is 24.0 Å². The van der Waals surface area contributed by atoms with Crippen LogP contribution in [0.5, 0.6) is 0 Å². The minimum Gasteiger partial charge on any atom is -0.357 e. The second kappa shape index (κ2) is 12.6. The second-order valence-corrected chi connectivity index (χ2v) is 6.41. The maximum Gasteiger partial charge on any atom is 0.191 e. The number of rotatable bonds is 9. The lowest BCUT2D eigenvalue weighted by molar-refractivity contribution is 0.488. The highest BCUT2D eigenvalue weighted by atomic mass is 127. The van der Waals surface area contributed by atoms with Gasteiger partial charge in [-0.25, -0.2) is 0 Å². The summed E-state index contributed by atoms with van der Waals surface area (Å²) >= 11 is 0. The molecule has 0 aliphatic carbocycles. The predicted octanol–water partition coefficient (Wildman–Crippen LogP) is 3.58. The molecule has 0 saturated heterocycles. The van der Waals surface area contributed by atoms with Gasteiger partial charge in [0.1, 0.15) is 0 Å². The molecule has 6 heteroatoms. The van der Waals surface area contributed by atoms with Crippen molar-refractivity contribution in [2.24, 2.45) is 10.9 Å². The highest BCUT2D eigenvalue weighted by Gasteiger charge is 2.06. The minimum atomic E-state index is 0. The molecule has 23 heavy (non-hydrogen) atoms. The lowest BCUT2D eigenvalue weighted by Crippen LogP contribution is -2.42. The van der Waals surface area contributed by atoms with E-state index in [2.05, 4.69) is 61.5 Å². The zero-order chi connectivity index (χ0) is 16.4. The topological polar surface area (TPSA) is 54.2 Å². The fourth-order valence-electron chi connectivity index (χ4n) is 2.22. The predicted molar refractivity (Wildman–Crippen MR) is 110 cm³/mol. The van der Waals surface area contributed by atoms with E-state index in [0.717, 1.165) is 37.9 Å². The summed E-state index contributed by atoms with van der Waals surface area (Å²) < 4.78 is 1.98. The minimum absolute atomic E-state index is 0. The zero-order valence-electron chi connectivity index (χ0n) is 15.3.